The summed E-state index contributed by atoms with van der Waals surface area (Å²) in [5.74, 6) is 1.39. The SMILES string of the molecule is COc1ccc(Cl)c2c1OC1(C=C2)N(C)c2ccccc2C1(C)C. The average molecular weight is 342 g/mol. The molecule has 1 atom stereocenters. The molecule has 2 aromatic carbocycles. The molecular weight excluding hydrogens is 322 g/mol. The van der Waals surface area contributed by atoms with Crippen LogP contribution in [0.25, 0.3) is 6.08 Å². The van der Waals surface area contributed by atoms with Crippen molar-refractivity contribution < 1.29 is 9.47 Å². The van der Waals surface area contributed by atoms with Gasteiger partial charge in [-0.2, -0.15) is 0 Å². The summed E-state index contributed by atoms with van der Waals surface area (Å²) in [4.78, 5) is 2.20. The van der Waals surface area contributed by atoms with Crippen molar-refractivity contribution in [3.05, 3.63) is 58.6 Å². The second-order valence-corrected chi connectivity index (χ2v) is 7.23. The van der Waals surface area contributed by atoms with Crippen LogP contribution in [-0.4, -0.2) is 19.9 Å². The molecule has 2 aliphatic heterocycles. The number of rotatable bonds is 1. The second-order valence-electron chi connectivity index (χ2n) is 6.83. The summed E-state index contributed by atoms with van der Waals surface area (Å²) in [6, 6.07) is 12.1. The number of fused-ring (bicyclic) bond motifs is 2. The van der Waals surface area contributed by atoms with Gasteiger partial charge in [0.2, 0.25) is 5.72 Å². The summed E-state index contributed by atoms with van der Waals surface area (Å²) in [5, 5.41) is 0.660. The van der Waals surface area contributed by atoms with Crippen molar-refractivity contribution in [2.24, 2.45) is 0 Å². The molecular formula is C20H20ClNO2. The van der Waals surface area contributed by atoms with Crippen LogP contribution >= 0.6 is 11.6 Å². The summed E-state index contributed by atoms with van der Waals surface area (Å²) in [5.41, 5.74) is 2.45. The number of methoxy groups -OCH3 is 1. The lowest BCUT2D eigenvalue weighted by Crippen LogP contribution is -2.58. The van der Waals surface area contributed by atoms with Crippen LogP contribution in [0.4, 0.5) is 5.69 Å². The Bertz CT molecular complexity index is 859. The predicted octanol–water partition coefficient (Wildman–Crippen LogP) is 4.88. The Balaban J connectivity index is 1.93. The molecule has 0 fully saturated rings. The highest BCUT2D eigenvalue weighted by Crippen LogP contribution is 2.55. The highest BCUT2D eigenvalue weighted by atomic mass is 35.5. The van der Waals surface area contributed by atoms with Crippen LogP contribution < -0.4 is 14.4 Å². The normalized spacial score (nSPS) is 23.0. The molecule has 0 saturated heterocycles. The molecule has 2 aromatic rings. The molecule has 1 spiro atoms. The molecule has 4 heteroatoms. The van der Waals surface area contributed by atoms with Gasteiger partial charge in [-0.3, -0.25) is 0 Å². The molecule has 0 saturated carbocycles. The fraction of sp³-hybridized carbons (Fsp3) is 0.300. The molecule has 0 N–H and O–H groups in total. The molecule has 0 radical (unpaired) electrons. The fourth-order valence-electron chi connectivity index (χ4n) is 3.96. The van der Waals surface area contributed by atoms with E-state index in [1.165, 1.54) is 11.3 Å². The van der Waals surface area contributed by atoms with E-state index in [-0.39, 0.29) is 5.41 Å². The highest BCUT2D eigenvalue weighted by Gasteiger charge is 2.57. The lowest BCUT2D eigenvalue weighted by molar-refractivity contribution is 0.0552. The van der Waals surface area contributed by atoms with E-state index >= 15 is 0 Å². The summed E-state index contributed by atoms with van der Waals surface area (Å²) < 4.78 is 12.1. The molecule has 4 rings (SSSR count). The van der Waals surface area contributed by atoms with Gasteiger partial charge in [0.15, 0.2) is 11.5 Å². The standard InChI is InChI=1S/C20H20ClNO2/c1-19(2)14-7-5-6-8-16(14)22(3)20(19)12-11-13-15(21)9-10-17(23-4)18(13)24-20/h5-12H,1-4H3. The quantitative estimate of drug-likeness (QED) is 0.738. The summed E-state index contributed by atoms with van der Waals surface area (Å²) in [6.45, 7) is 4.42. The molecule has 0 amide bonds. The van der Waals surface area contributed by atoms with Gasteiger partial charge in [0.05, 0.1) is 17.5 Å². The van der Waals surface area contributed by atoms with Gasteiger partial charge in [-0.25, -0.2) is 0 Å². The number of likely N-dealkylation sites (N-methyl/N-ethyl adjacent to an activating group) is 1. The van der Waals surface area contributed by atoms with Crippen LogP contribution in [0.2, 0.25) is 5.02 Å². The third kappa shape index (κ3) is 1.73. The molecule has 3 nitrogen and oxygen atoms in total. The monoisotopic (exact) mass is 341 g/mol. The highest BCUT2D eigenvalue weighted by molar-refractivity contribution is 6.32. The Labute approximate surface area is 147 Å². The van der Waals surface area contributed by atoms with Gasteiger partial charge >= 0.3 is 0 Å². The van der Waals surface area contributed by atoms with Gasteiger partial charge in [0.1, 0.15) is 0 Å². The topological polar surface area (TPSA) is 21.7 Å². The minimum atomic E-state index is -0.623. The Morgan fingerprint density at radius 1 is 1.12 bits per heavy atom. The number of anilines is 1. The number of nitrogens with zero attached hydrogens (tertiary/aromatic N) is 1. The van der Waals surface area contributed by atoms with E-state index in [0.717, 1.165) is 5.56 Å². The van der Waals surface area contributed by atoms with E-state index in [2.05, 4.69) is 56.1 Å². The molecule has 0 bridgehead atoms. The molecule has 0 aromatic heterocycles. The van der Waals surface area contributed by atoms with E-state index in [0.29, 0.717) is 16.5 Å². The smallest absolute Gasteiger partial charge is 0.212 e. The Hall–Kier alpha value is -2.13. The van der Waals surface area contributed by atoms with Crippen LogP contribution in [-0.2, 0) is 5.41 Å². The first kappa shape index (κ1) is 15.4. The Morgan fingerprint density at radius 2 is 1.88 bits per heavy atom. The van der Waals surface area contributed by atoms with Crippen LogP contribution in [0.1, 0.15) is 25.0 Å². The van der Waals surface area contributed by atoms with Gasteiger partial charge in [0.25, 0.3) is 0 Å². The minimum Gasteiger partial charge on any atom is -0.493 e. The van der Waals surface area contributed by atoms with Gasteiger partial charge < -0.3 is 14.4 Å². The largest absolute Gasteiger partial charge is 0.493 e. The number of hydrogen-bond acceptors (Lipinski definition) is 3. The van der Waals surface area contributed by atoms with E-state index in [1.54, 1.807) is 7.11 Å². The summed E-state index contributed by atoms with van der Waals surface area (Å²) in [6.07, 6.45) is 4.16. The van der Waals surface area contributed by atoms with Gasteiger partial charge in [-0.05, 0) is 49.8 Å². The zero-order valence-electron chi connectivity index (χ0n) is 14.3. The third-order valence-corrected chi connectivity index (χ3v) is 5.72. The average Bonchev–Trinajstić information content (AvgIpc) is 2.75. The van der Waals surface area contributed by atoms with Crippen LogP contribution in [0, 0.1) is 0 Å². The van der Waals surface area contributed by atoms with Crippen molar-refractivity contribution in [3.63, 3.8) is 0 Å². The van der Waals surface area contributed by atoms with Crippen LogP contribution in [0.3, 0.4) is 0 Å². The fourth-order valence-corrected chi connectivity index (χ4v) is 4.18. The summed E-state index contributed by atoms with van der Waals surface area (Å²) in [7, 11) is 3.72. The summed E-state index contributed by atoms with van der Waals surface area (Å²) >= 11 is 6.36. The lowest BCUT2D eigenvalue weighted by Gasteiger charge is -2.46. The minimum absolute atomic E-state index is 0.236. The number of hydrogen-bond donors (Lipinski definition) is 0. The maximum atomic E-state index is 6.62. The van der Waals surface area contributed by atoms with E-state index in [9.17, 15) is 0 Å². The third-order valence-electron chi connectivity index (χ3n) is 5.39. The first-order chi connectivity index (χ1) is 11.4. The van der Waals surface area contributed by atoms with Crippen molar-refractivity contribution >= 4 is 23.4 Å². The predicted molar refractivity (Wildman–Crippen MR) is 98.3 cm³/mol. The number of ether oxygens (including phenoxy) is 2. The van der Waals surface area contributed by atoms with E-state index in [1.807, 2.05) is 18.2 Å². The number of halogens is 1. The molecule has 2 aliphatic rings. The molecule has 2 heterocycles. The van der Waals surface area contributed by atoms with Gasteiger partial charge in [-0.15, -0.1) is 0 Å². The lowest BCUT2D eigenvalue weighted by atomic mass is 9.76. The maximum Gasteiger partial charge on any atom is 0.212 e. The zero-order valence-corrected chi connectivity index (χ0v) is 15.0. The molecule has 0 aliphatic carbocycles. The number of para-hydroxylation sites is 1. The van der Waals surface area contributed by atoms with Crippen molar-refractivity contribution in [1.82, 2.24) is 0 Å². The molecule has 124 valence electrons. The second kappa shape index (κ2) is 4.93. The van der Waals surface area contributed by atoms with Crippen molar-refractivity contribution in [2.45, 2.75) is 25.0 Å². The maximum absolute atomic E-state index is 6.62. The molecule has 1 unspecified atom stereocenters. The van der Waals surface area contributed by atoms with Crippen molar-refractivity contribution in [1.29, 1.82) is 0 Å². The Morgan fingerprint density at radius 3 is 2.58 bits per heavy atom. The van der Waals surface area contributed by atoms with Crippen molar-refractivity contribution in [3.8, 4) is 11.5 Å². The first-order valence-corrected chi connectivity index (χ1v) is 8.38. The Kier molecular flexibility index (Phi) is 3.17. The molecule has 24 heavy (non-hydrogen) atoms. The first-order valence-electron chi connectivity index (χ1n) is 8.00. The zero-order chi connectivity index (χ0) is 17.1. The van der Waals surface area contributed by atoms with E-state index in [4.69, 9.17) is 21.1 Å². The number of benzene rings is 2. The van der Waals surface area contributed by atoms with Gasteiger partial charge in [-0.1, -0.05) is 29.8 Å². The van der Waals surface area contributed by atoms with Gasteiger partial charge in [0, 0.05) is 18.3 Å². The van der Waals surface area contributed by atoms with Crippen LogP contribution in [0.15, 0.2) is 42.5 Å². The van der Waals surface area contributed by atoms with Crippen LogP contribution in [0.5, 0.6) is 11.5 Å². The van der Waals surface area contributed by atoms with Crippen molar-refractivity contribution in [2.75, 3.05) is 19.1 Å². The van der Waals surface area contributed by atoms with E-state index < -0.39 is 5.72 Å².